The average Bonchev–Trinajstić information content (AvgIpc) is 3.60. The number of hydrogen-bond donors (Lipinski definition) is 10. The van der Waals surface area contributed by atoms with E-state index in [-0.39, 0.29) is 44.6 Å². The molecule has 0 aromatic rings. The monoisotopic (exact) mass is 768 g/mol. The van der Waals surface area contributed by atoms with Gasteiger partial charge in [-0.05, 0) is 43.9 Å². The van der Waals surface area contributed by atoms with E-state index in [1.807, 2.05) is 0 Å². The lowest BCUT2D eigenvalue weighted by Crippen LogP contribution is -2.58. The highest BCUT2D eigenvalue weighted by molar-refractivity contribution is 5.96. The van der Waals surface area contributed by atoms with Gasteiger partial charge in [0.25, 0.3) is 0 Å². The molecule has 1 fully saturated rings. The predicted octanol–water partition coefficient (Wildman–Crippen LogP) is -4.18. The van der Waals surface area contributed by atoms with Crippen molar-refractivity contribution in [3.63, 3.8) is 0 Å². The summed E-state index contributed by atoms with van der Waals surface area (Å²) < 4.78 is 0. The third-order valence-electron chi connectivity index (χ3n) is 8.67. The molecule has 21 heteroatoms. The molecule has 6 atom stereocenters. The van der Waals surface area contributed by atoms with Gasteiger partial charge in [0, 0.05) is 19.4 Å². The van der Waals surface area contributed by atoms with Gasteiger partial charge >= 0.3 is 5.97 Å². The summed E-state index contributed by atoms with van der Waals surface area (Å²) in [4.78, 5) is 126. The molecule has 0 spiro atoms. The first kappa shape index (κ1) is 46.7. The summed E-state index contributed by atoms with van der Waals surface area (Å²) in [6, 6.07) is -5.92. The molecule has 13 N–H and O–H groups in total. The minimum absolute atomic E-state index is 0.118. The maximum Gasteiger partial charge on any atom is 0.326 e. The Labute approximate surface area is 313 Å². The standard InChI is InChI=1S/C33H56N10O11/c1-5-18(4)28(32(52)41-21(13-17(2)3)30(50)38-15-25(46)39-20(33(53)54)9-11-24(36)45)42-26(47)16-37-29(49)19(8-10-23(35)44)40-31(51)22-7-6-12-43(22)27(48)14-34/h17-22,28H,5-16,34H2,1-4H3,(H2,35,44)(H2,36,45)(H,37,49)(H,38,50)(H,39,46)(H,40,51)(H,41,52)(H,42,47)(H,53,54)/t18-,19-,20-,21-,22-,28-/m0/s1. The van der Waals surface area contributed by atoms with Gasteiger partial charge in [0.2, 0.25) is 53.2 Å². The van der Waals surface area contributed by atoms with Crippen LogP contribution in [0.15, 0.2) is 0 Å². The molecule has 21 nitrogen and oxygen atoms in total. The normalized spacial score (nSPS) is 16.5. The van der Waals surface area contributed by atoms with Crippen LogP contribution < -0.4 is 49.1 Å². The molecular weight excluding hydrogens is 712 g/mol. The van der Waals surface area contributed by atoms with Crippen LogP contribution in [0.2, 0.25) is 0 Å². The predicted molar refractivity (Wildman–Crippen MR) is 191 cm³/mol. The van der Waals surface area contributed by atoms with Crippen molar-refractivity contribution in [2.24, 2.45) is 29.0 Å². The molecule has 0 aliphatic carbocycles. The molecular formula is C33H56N10O11. The smallest absolute Gasteiger partial charge is 0.326 e. The van der Waals surface area contributed by atoms with E-state index in [1.165, 1.54) is 4.90 Å². The first-order valence-corrected chi connectivity index (χ1v) is 17.8. The highest BCUT2D eigenvalue weighted by Crippen LogP contribution is 2.18. The first-order valence-electron chi connectivity index (χ1n) is 17.8. The molecule has 304 valence electrons. The SMILES string of the molecule is CC[C@H](C)[C@H](NC(=O)CNC(=O)[C@H](CCC(N)=O)NC(=O)[C@@H]1CCCN1C(=O)CN)C(=O)N[C@@H](CC(C)C)C(=O)NCC(=O)N[C@@H](CCC(N)=O)C(=O)O. The van der Waals surface area contributed by atoms with E-state index in [1.54, 1.807) is 27.7 Å². The number of primary amides is 2. The van der Waals surface area contributed by atoms with Crippen LogP contribution in [0.5, 0.6) is 0 Å². The fourth-order valence-corrected chi connectivity index (χ4v) is 5.54. The van der Waals surface area contributed by atoms with Gasteiger partial charge in [-0.25, -0.2) is 4.79 Å². The second-order valence-electron chi connectivity index (χ2n) is 13.5. The number of aliphatic carboxylic acids is 1. The van der Waals surface area contributed by atoms with E-state index in [0.29, 0.717) is 25.8 Å². The maximum atomic E-state index is 13.5. The third kappa shape index (κ3) is 16.6. The van der Waals surface area contributed by atoms with Crippen molar-refractivity contribution in [1.82, 2.24) is 36.8 Å². The summed E-state index contributed by atoms with van der Waals surface area (Å²) in [6.45, 7) is 5.76. The Morgan fingerprint density at radius 3 is 1.78 bits per heavy atom. The number of nitrogens with one attached hydrogen (secondary N) is 6. The zero-order chi connectivity index (χ0) is 41.1. The van der Waals surface area contributed by atoms with Gasteiger partial charge in [-0.3, -0.25) is 43.2 Å². The van der Waals surface area contributed by atoms with Crippen molar-refractivity contribution in [1.29, 1.82) is 0 Å². The maximum absolute atomic E-state index is 13.5. The summed E-state index contributed by atoms with van der Waals surface area (Å²) in [5.74, 6) is -8.50. The van der Waals surface area contributed by atoms with Crippen LogP contribution >= 0.6 is 0 Å². The van der Waals surface area contributed by atoms with Crippen LogP contribution in [0.3, 0.4) is 0 Å². The number of amides is 9. The number of nitrogens with zero attached hydrogens (tertiary/aromatic N) is 1. The van der Waals surface area contributed by atoms with Crippen LogP contribution in [-0.2, 0) is 47.9 Å². The zero-order valence-corrected chi connectivity index (χ0v) is 31.2. The van der Waals surface area contributed by atoms with Gasteiger partial charge in [0.05, 0.1) is 19.6 Å². The number of carboxylic acid groups (broad SMARTS) is 1. The Hall–Kier alpha value is -5.34. The molecule has 1 rings (SSSR count). The molecule has 9 amide bonds. The van der Waals surface area contributed by atoms with Crippen molar-refractivity contribution in [3.8, 4) is 0 Å². The lowest BCUT2D eigenvalue weighted by molar-refractivity contribution is -0.142. The van der Waals surface area contributed by atoms with Gasteiger partial charge in [0.1, 0.15) is 30.2 Å². The van der Waals surface area contributed by atoms with Crippen LogP contribution in [0.1, 0.15) is 79.1 Å². The second-order valence-corrected chi connectivity index (χ2v) is 13.5. The third-order valence-corrected chi connectivity index (χ3v) is 8.67. The van der Waals surface area contributed by atoms with Crippen molar-refractivity contribution in [2.75, 3.05) is 26.2 Å². The van der Waals surface area contributed by atoms with Gasteiger partial charge < -0.3 is 59.1 Å². The summed E-state index contributed by atoms with van der Waals surface area (Å²) in [6.07, 6.45) is 0.415. The molecule has 0 radical (unpaired) electrons. The van der Waals surface area contributed by atoms with Crippen molar-refractivity contribution >= 4 is 59.1 Å². The average molecular weight is 769 g/mol. The van der Waals surface area contributed by atoms with Crippen LogP contribution in [0.25, 0.3) is 0 Å². The fraction of sp³-hybridized carbons (Fsp3) is 0.697. The molecule has 0 unspecified atom stereocenters. The number of rotatable bonds is 24. The number of carbonyl (C=O) groups is 10. The van der Waals surface area contributed by atoms with E-state index in [9.17, 15) is 53.1 Å². The van der Waals surface area contributed by atoms with Crippen molar-refractivity contribution in [3.05, 3.63) is 0 Å². The number of carboxylic acids is 1. The van der Waals surface area contributed by atoms with Crippen molar-refractivity contribution < 1.29 is 53.1 Å². The number of carbonyl (C=O) groups excluding carboxylic acids is 9. The molecule has 0 aromatic heterocycles. The van der Waals surface area contributed by atoms with E-state index in [4.69, 9.17) is 17.2 Å². The molecule has 1 heterocycles. The molecule has 1 saturated heterocycles. The largest absolute Gasteiger partial charge is 0.480 e. The topological polar surface area (TPSA) is 344 Å². The van der Waals surface area contributed by atoms with E-state index in [2.05, 4.69) is 31.9 Å². The van der Waals surface area contributed by atoms with Crippen LogP contribution in [0, 0.1) is 11.8 Å². The quantitative estimate of drug-likeness (QED) is 0.0447. The lowest BCUT2D eigenvalue weighted by atomic mass is 9.96. The second kappa shape index (κ2) is 23.4. The molecule has 0 bridgehead atoms. The molecule has 0 saturated carbocycles. The van der Waals surface area contributed by atoms with Crippen LogP contribution in [-0.4, -0.2) is 126 Å². The Morgan fingerprint density at radius 1 is 0.741 bits per heavy atom. The summed E-state index contributed by atoms with van der Waals surface area (Å²) in [5, 5.41) is 23.9. The Balaban J connectivity index is 2.95. The van der Waals surface area contributed by atoms with E-state index >= 15 is 0 Å². The highest BCUT2D eigenvalue weighted by Gasteiger charge is 2.36. The van der Waals surface area contributed by atoms with Crippen molar-refractivity contribution in [2.45, 2.75) is 109 Å². The van der Waals surface area contributed by atoms with Gasteiger partial charge in [-0.2, -0.15) is 0 Å². The highest BCUT2D eigenvalue weighted by atomic mass is 16.4. The summed E-state index contributed by atoms with van der Waals surface area (Å²) in [5.41, 5.74) is 15.7. The van der Waals surface area contributed by atoms with Crippen LogP contribution in [0.4, 0.5) is 0 Å². The molecule has 1 aliphatic heterocycles. The zero-order valence-electron chi connectivity index (χ0n) is 31.2. The van der Waals surface area contributed by atoms with E-state index < -0.39 is 108 Å². The molecule has 54 heavy (non-hydrogen) atoms. The number of hydrogen-bond acceptors (Lipinski definition) is 11. The molecule has 0 aromatic carbocycles. The van der Waals surface area contributed by atoms with Gasteiger partial charge in [-0.15, -0.1) is 0 Å². The first-order chi connectivity index (χ1) is 25.3. The molecule has 1 aliphatic rings. The lowest BCUT2D eigenvalue weighted by Gasteiger charge is -2.27. The minimum Gasteiger partial charge on any atom is -0.480 e. The Morgan fingerprint density at radius 2 is 1.28 bits per heavy atom. The summed E-state index contributed by atoms with van der Waals surface area (Å²) in [7, 11) is 0. The Kier molecular flexibility index (Phi) is 20.2. The van der Waals surface area contributed by atoms with Gasteiger partial charge in [0.15, 0.2) is 0 Å². The Bertz CT molecular complexity index is 1390. The summed E-state index contributed by atoms with van der Waals surface area (Å²) >= 11 is 0. The van der Waals surface area contributed by atoms with E-state index in [0.717, 1.165) is 0 Å². The number of likely N-dealkylation sites (tertiary alicyclic amines) is 1. The van der Waals surface area contributed by atoms with Gasteiger partial charge in [-0.1, -0.05) is 34.1 Å². The minimum atomic E-state index is -1.42. The fourth-order valence-electron chi connectivity index (χ4n) is 5.54. The number of nitrogens with two attached hydrogens (primary N) is 3.